The first-order valence-electron chi connectivity index (χ1n) is 9.62. The van der Waals surface area contributed by atoms with Gasteiger partial charge >= 0.3 is 6.09 Å². The van der Waals surface area contributed by atoms with Crippen molar-refractivity contribution in [2.24, 2.45) is 0 Å². The van der Waals surface area contributed by atoms with Crippen LogP contribution >= 0.6 is 0 Å². The minimum atomic E-state index is -0.567. The van der Waals surface area contributed by atoms with Gasteiger partial charge in [-0.15, -0.1) is 0 Å². The molecule has 3 heterocycles. The van der Waals surface area contributed by atoms with Crippen molar-refractivity contribution < 1.29 is 23.5 Å². The fourth-order valence-electron chi connectivity index (χ4n) is 3.67. The van der Waals surface area contributed by atoms with E-state index in [2.05, 4.69) is 4.98 Å². The van der Waals surface area contributed by atoms with Crippen molar-refractivity contribution in [2.45, 2.75) is 64.4 Å². The molecule has 1 spiro atoms. The standard InChI is InChI=1S/C20H28FN3O4/c1-14-17(25)24(12-16-6-5-15(21)11-22-16)13-20(27-14)7-9-23(10-8-20)18(26)28-19(2,3)4/h5-6,11,14H,7-10,12-13H2,1-4H3. The van der Waals surface area contributed by atoms with Gasteiger partial charge in [-0.2, -0.15) is 0 Å². The Labute approximate surface area is 164 Å². The van der Waals surface area contributed by atoms with Crippen LogP contribution in [0.3, 0.4) is 0 Å². The molecule has 0 saturated carbocycles. The number of carbonyl (C=O) groups is 2. The Morgan fingerprint density at radius 1 is 1.36 bits per heavy atom. The maximum Gasteiger partial charge on any atom is 0.410 e. The summed E-state index contributed by atoms with van der Waals surface area (Å²) in [6.45, 7) is 9.03. The Morgan fingerprint density at radius 3 is 2.61 bits per heavy atom. The maximum atomic E-state index is 13.1. The fraction of sp³-hybridized carbons (Fsp3) is 0.650. The van der Waals surface area contributed by atoms with Gasteiger partial charge in [0.05, 0.1) is 30.6 Å². The fourth-order valence-corrected chi connectivity index (χ4v) is 3.67. The molecule has 28 heavy (non-hydrogen) atoms. The number of amides is 2. The molecule has 0 aromatic carbocycles. The second-order valence-corrected chi connectivity index (χ2v) is 8.57. The van der Waals surface area contributed by atoms with E-state index in [0.29, 0.717) is 44.7 Å². The number of nitrogens with zero attached hydrogens (tertiary/aromatic N) is 3. The summed E-state index contributed by atoms with van der Waals surface area (Å²) in [5.41, 5.74) is -0.399. The van der Waals surface area contributed by atoms with E-state index in [4.69, 9.17) is 9.47 Å². The lowest BCUT2D eigenvalue weighted by Gasteiger charge is -2.48. The minimum Gasteiger partial charge on any atom is -0.444 e. The van der Waals surface area contributed by atoms with Crippen LogP contribution in [-0.4, -0.2) is 63.7 Å². The molecule has 8 heteroatoms. The van der Waals surface area contributed by atoms with Crippen LogP contribution in [0, 0.1) is 5.82 Å². The van der Waals surface area contributed by atoms with Gasteiger partial charge in [-0.1, -0.05) is 0 Å². The van der Waals surface area contributed by atoms with Crippen molar-refractivity contribution in [3.63, 3.8) is 0 Å². The van der Waals surface area contributed by atoms with Crippen molar-refractivity contribution >= 4 is 12.0 Å². The predicted octanol–water partition coefficient (Wildman–Crippen LogP) is 2.74. The zero-order valence-electron chi connectivity index (χ0n) is 16.9. The van der Waals surface area contributed by atoms with Gasteiger partial charge in [0.25, 0.3) is 5.91 Å². The van der Waals surface area contributed by atoms with E-state index in [0.717, 1.165) is 6.20 Å². The Morgan fingerprint density at radius 2 is 2.04 bits per heavy atom. The molecule has 2 fully saturated rings. The molecule has 7 nitrogen and oxygen atoms in total. The van der Waals surface area contributed by atoms with Crippen LogP contribution in [0.4, 0.5) is 9.18 Å². The number of rotatable bonds is 2. The molecule has 3 rings (SSSR count). The zero-order valence-corrected chi connectivity index (χ0v) is 16.9. The van der Waals surface area contributed by atoms with Crippen LogP contribution < -0.4 is 0 Å². The van der Waals surface area contributed by atoms with E-state index in [1.54, 1.807) is 22.8 Å². The molecule has 2 aliphatic rings. The maximum absolute atomic E-state index is 13.1. The lowest BCUT2D eigenvalue weighted by molar-refractivity contribution is -0.190. The number of carbonyl (C=O) groups excluding carboxylic acids is 2. The molecule has 0 N–H and O–H groups in total. The van der Waals surface area contributed by atoms with Gasteiger partial charge in [-0.3, -0.25) is 9.78 Å². The molecule has 0 radical (unpaired) electrons. The lowest BCUT2D eigenvalue weighted by atomic mass is 9.88. The molecule has 2 amide bonds. The van der Waals surface area contributed by atoms with Crippen LogP contribution in [0.25, 0.3) is 0 Å². The Hall–Kier alpha value is -2.22. The number of ether oxygens (including phenoxy) is 2. The first kappa shape index (κ1) is 20.5. The average molecular weight is 393 g/mol. The quantitative estimate of drug-likeness (QED) is 0.773. The summed E-state index contributed by atoms with van der Waals surface area (Å²) in [5, 5.41) is 0. The predicted molar refractivity (Wildman–Crippen MR) is 99.9 cm³/mol. The van der Waals surface area contributed by atoms with Crippen molar-refractivity contribution in [3.8, 4) is 0 Å². The molecular weight excluding hydrogens is 365 g/mol. The van der Waals surface area contributed by atoms with E-state index in [1.807, 2.05) is 20.8 Å². The van der Waals surface area contributed by atoms with Gasteiger partial charge < -0.3 is 19.3 Å². The van der Waals surface area contributed by atoms with Gasteiger partial charge in [-0.05, 0) is 52.7 Å². The number of aromatic nitrogens is 1. The number of likely N-dealkylation sites (tertiary alicyclic amines) is 1. The summed E-state index contributed by atoms with van der Waals surface area (Å²) in [7, 11) is 0. The third-order valence-electron chi connectivity index (χ3n) is 5.03. The van der Waals surface area contributed by atoms with Gasteiger partial charge in [0.2, 0.25) is 0 Å². The Bertz CT molecular complexity index is 724. The number of pyridine rings is 1. The largest absolute Gasteiger partial charge is 0.444 e. The highest BCUT2D eigenvalue weighted by Gasteiger charge is 2.46. The molecule has 1 aromatic rings. The van der Waals surface area contributed by atoms with E-state index >= 15 is 0 Å². The summed E-state index contributed by atoms with van der Waals surface area (Å²) in [6, 6.07) is 2.92. The smallest absolute Gasteiger partial charge is 0.410 e. The van der Waals surface area contributed by atoms with Crippen LogP contribution in [0.1, 0.15) is 46.2 Å². The van der Waals surface area contributed by atoms with E-state index in [9.17, 15) is 14.0 Å². The van der Waals surface area contributed by atoms with Crippen molar-refractivity contribution in [1.82, 2.24) is 14.8 Å². The monoisotopic (exact) mass is 393 g/mol. The molecule has 1 unspecified atom stereocenters. The van der Waals surface area contributed by atoms with E-state index in [-0.39, 0.29) is 12.0 Å². The van der Waals surface area contributed by atoms with Crippen LogP contribution in [0.15, 0.2) is 18.3 Å². The average Bonchev–Trinajstić information content (AvgIpc) is 2.60. The highest BCUT2D eigenvalue weighted by Crippen LogP contribution is 2.33. The van der Waals surface area contributed by atoms with E-state index in [1.165, 1.54) is 6.07 Å². The molecule has 154 valence electrons. The summed E-state index contributed by atoms with van der Waals surface area (Å²) in [5.74, 6) is -0.511. The summed E-state index contributed by atoms with van der Waals surface area (Å²) in [4.78, 5) is 32.3. The number of hydrogen-bond donors (Lipinski definition) is 0. The van der Waals surface area contributed by atoms with Crippen LogP contribution in [0.5, 0.6) is 0 Å². The Balaban J connectivity index is 1.65. The second-order valence-electron chi connectivity index (χ2n) is 8.57. The first-order chi connectivity index (χ1) is 13.1. The third kappa shape index (κ3) is 4.79. The third-order valence-corrected chi connectivity index (χ3v) is 5.03. The second kappa shape index (κ2) is 7.66. The van der Waals surface area contributed by atoms with Crippen molar-refractivity contribution in [2.75, 3.05) is 19.6 Å². The summed E-state index contributed by atoms with van der Waals surface area (Å²) < 4.78 is 24.6. The molecule has 1 atom stereocenters. The SMILES string of the molecule is CC1OC2(CCN(C(=O)OC(C)(C)C)CC2)CN(Cc2ccc(F)cn2)C1=O. The van der Waals surface area contributed by atoms with Gasteiger partial charge in [0.15, 0.2) is 0 Å². The number of piperidine rings is 1. The van der Waals surface area contributed by atoms with Crippen molar-refractivity contribution in [1.29, 1.82) is 0 Å². The number of halogens is 1. The lowest BCUT2D eigenvalue weighted by Crippen LogP contribution is -2.61. The zero-order chi connectivity index (χ0) is 20.5. The van der Waals surface area contributed by atoms with Crippen LogP contribution in [0.2, 0.25) is 0 Å². The number of hydrogen-bond acceptors (Lipinski definition) is 5. The molecular formula is C20H28FN3O4. The highest BCUT2D eigenvalue weighted by molar-refractivity contribution is 5.81. The first-order valence-corrected chi connectivity index (χ1v) is 9.62. The van der Waals surface area contributed by atoms with Gasteiger partial charge in [-0.25, -0.2) is 9.18 Å². The molecule has 0 bridgehead atoms. The topological polar surface area (TPSA) is 72.0 Å². The normalized spacial score (nSPS) is 22.5. The number of morpholine rings is 1. The minimum absolute atomic E-state index is 0.105. The van der Waals surface area contributed by atoms with E-state index < -0.39 is 23.1 Å². The van der Waals surface area contributed by atoms with Crippen molar-refractivity contribution in [3.05, 3.63) is 29.8 Å². The Kier molecular flexibility index (Phi) is 5.61. The van der Waals surface area contributed by atoms with Gasteiger partial charge in [0.1, 0.15) is 17.5 Å². The highest BCUT2D eigenvalue weighted by atomic mass is 19.1. The molecule has 2 aliphatic heterocycles. The van der Waals surface area contributed by atoms with Crippen LogP contribution in [-0.2, 0) is 20.8 Å². The molecule has 0 aliphatic carbocycles. The molecule has 1 aromatic heterocycles. The summed E-state index contributed by atoms with van der Waals surface area (Å²) in [6.07, 6.45) is 1.50. The van der Waals surface area contributed by atoms with Gasteiger partial charge in [0, 0.05) is 13.1 Å². The molecule has 2 saturated heterocycles. The summed E-state index contributed by atoms with van der Waals surface area (Å²) >= 11 is 0.